The number of benzene rings is 1. The van der Waals surface area contributed by atoms with E-state index in [0.717, 1.165) is 53.5 Å². The van der Waals surface area contributed by atoms with E-state index in [1.54, 1.807) is 0 Å². The first kappa shape index (κ1) is 19.0. The van der Waals surface area contributed by atoms with E-state index in [-0.39, 0.29) is 6.17 Å². The molecule has 146 valence electrons. The molecule has 0 amide bonds. The Balaban J connectivity index is 1.62. The molecule has 0 radical (unpaired) electrons. The standard InChI is InChI=1S/C21H25BrN6/c1-16-15-20(25-24-16)28-19(8-5-17-3-6-18(22)7-4-17)23-10-9-21(28)27-13-11-26(2)12-14-27/h3-10,15,19H,11-14H2,1-2H3,(H,24,25). The van der Waals surface area contributed by atoms with Crippen LogP contribution in [0.4, 0.5) is 5.82 Å². The smallest absolute Gasteiger partial charge is 0.158 e. The summed E-state index contributed by atoms with van der Waals surface area (Å²) in [4.78, 5) is 11.7. The van der Waals surface area contributed by atoms with Gasteiger partial charge in [0, 0.05) is 48.6 Å². The monoisotopic (exact) mass is 440 g/mol. The zero-order chi connectivity index (χ0) is 19.5. The van der Waals surface area contributed by atoms with Crippen LogP contribution in [0, 0.1) is 6.92 Å². The first-order valence-corrected chi connectivity index (χ1v) is 10.3. The van der Waals surface area contributed by atoms with Crippen LogP contribution in [-0.4, -0.2) is 65.6 Å². The molecule has 2 aliphatic rings. The van der Waals surface area contributed by atoms with Gasteiger partial charge in [-0.25, -0.2) is 0 Å². The van der Waals surface area contributed by atoms with Gasteiger partial charge in [-0.1, -0.05) is 34.1 Å². The molecule has 1 unspecified atom stereocenters. The highest BCUT2D eigenvalue weighted by molar-refractivity contribution is 9.10. The van der Waals surface area contributed by atoms with Crippen molar-refractivity contribution in [1.29, 1.82) is 0 Å². The lowest BCUT2D eigenvalue weighted by Gasteiger charge is -2.41. The second-order valence-electron chi connectivity index (χ2n) is 7.22. The Hall–Kier alpha value is -2.38. The number of halogens is 1. The summed E-state index contributed by atoms with van der Waals surface area (Å²) in [5, 5.41) is 7.60. The number of allylic oxidation sites excluding steroid dienone is 1. The predicted molar refractivity (Wildman–Crippen MR) is 118 cm³/mol. The summed E-state index contributed by atoms with van der Waals surface area (Å²) in [6.45, 7) is 6.14. The van der Waals surface area contributed by atoms with Crippen LogP contribution in [-0.2, 0) is 0 Å². The van der Waals surface area contributed by atoms with Crippen molar-refractivity contribution in [2.24, 2.45) is 4.99 Å². The minimum absolute atomic E-state index is 0.133. The Labute approximate surface area is 174 Å². The fourth-order valence-electron chi connectivity index (χ4n) is 3.46. The van der Waals surface area contributed by atoms with Crippen LogP contribution in [0.1, 0.15) is 11.3 Å². The number of hydrogen-bond acceptors (Lipinski definition) is 5. The third-order valence-corrected chi connectivity index (χ3v) is 5.60. The molecule has 2 aliphatic heterocycles. The lowest BCUT2D eigenvalue weighted by atomic mass is 10.2. The van der Waals surface area contributed by atoms with Crippen molar-refractivity contribution >= 4 is 34.0 Å². The van der Waals surface area contributed by atoms with Crippen LogP contribution in [0.15, 0.2) is 57.8 Å². The largest absolute Gasteiger partial charge is 0.355 e. The SMILES string of the molecule is Cc1cc(N2C(N3CCN(C)CC3)=CC=NC2C=Cc2ccc(Br)cc2)n[nH]1. The lowest BCUT2D eigenvalue weighted by molar-refractivity contribution is 0.182. The molecule has 1 fully saturated rings. The Morgan fingerprint density at radius 3 is 2.57 bits per heavy atom. The van der Waals surface area contributed by atoms with Crippen LogP contribution in [0.25, 0.3) is 6.08 Å². The fraction of sp³-hybridized carbons (Fsp3) is 0.333. The first-order valence-electron chi connectivity index (χ1n) is 9.52. The van der Waals surface area contributed by atoms with Gasteiger partial charge in [0.05, 0.1) is 0 Å². The number of hydrogen-bond donors (Lipinski definition) is 1. The Kier molecular flexibility index (Phi) is 5.64. The minimum Gasteiger partial charge on any atom is -0.355 e. The maximum absolute atomic E-state index is 4.73. The van der Waals surface area contributed by atoms with Gasteiger partial charge < -0.3 is 9.80 Å². The molecule has 0 saturated carbocycles. The second-order valence-corrected chi connectivity index (χ2v) is 8.13. The van der Waals surface area contributed by atoms with Crippen molar-refractivity contribution in [1.82, 2.24) is 20.0 Å². The average molecular weight is 441 g/mol. The quantitative estimate of drug-likeness (QED) is 0.790. The van der Waals surface area contributed by atoms with Gasteiger partial charge in [0.15, 0.2) is 5.82 Å². The summed E-state index contributed by atoms with van der Waals surface area (Å²) in [5.41, 5.74) is 2.19. The maximum Gasteiger partial charge on any atom is 0.158 e. The number of aromatic nitrogens is 2. The topological polar surface area (TPSA) is 50.8 Å². The van der Waals surface area contributed by atoms with Crippen LogP contribution >= 0.6 is 15.9 Å². The van der Waals surface area contributed by atoms with Crippen molar-refractivity contribution in [3.05, 3.63) is 64.0 Å². The summed E-state index contributed by atoms with van der Waals surface area (Å²) in [6.07, 6.45) is 8.13. The van der Waals surface area contributed by atoms with Gasteiger partial charge in [-0.15, -0.1) is 0 Å². The number of aryl methyl sites for hydroxylation is 1. The lowest BCUT2D eigenvalue weighted by Crippen LogP contribution is -2.50. The van der Waals surface area contributed by atoms with Crippen LogP contribution in [0.3, 0.4) is 0 Å². The van der Waals surface area contributed by atoms with E-state index < -0.39 is 0 Å². The summed E-state index contributed by atoms with van der Waals surface area (Å²) in [6, 6.07) is 10.4. The van der Waals surface area contributed by atoms with Gasteiger partial charge in [0.2, 0.25) is 0 Å². The second kappa shape index (κ2) is 8.32. The zero-order valence-electron chi connectivity index (χ0n) is 16.2. The maximum atomic E-state index is 4.73. The summed E-state index contributed by atoms with van der Waals surface area (Å²) in [5.74, 6) is 2.05. The normalized spacial score (nSPS) is 20.8. The summed E-state index contributed by atoms with van der Waals surface area (Å²) < 4.78 is 1.08. The van der Waals surface area contributed by atoms with E-state index in [0.29, 0.717) is 0 Å². The van der Waals surface area contributed by atoms with Crippen molar-refractivity contribution in [3.8, 4) is 0 Å². The molecular weight excluding hydrogens is 416 g/mol. The molecule has 1 atom stereocenters. The third-order valence-electron chi connectivity index (χ3n) is 5.07. The number of nitrogens with zero attached hydrogens (tertiary/aromatic N) is 5. The Morgan fingerprint density at radius 2 is 1.89 bits per heavy atom. The van der Waals surface area contributed by atoms with Gasteiger partial charge in [-0.2, -0.15) is 5.10 Å². The highest BCUT2D eigenvalue weighted by Gasteiger charge is 2.29. The highest BCUT2D eigenvalue weighted by Crippen LogP contribution is 2.27. The van der Waals surface area contributed by atoms with E-state index in [9.17, 15) is 0 Å². The van der Waals surface area contributed by atoms with Crippen molar-refractivity contribution in [3.63, 3.8) is 0 Å². The Bertz CT molecular complexity index is 890. The molecule has 0 bridgehead atoms. The number of piperazine rings is 1. The van der Waals surface area contributed by atoms with Crippen LogP contribution < -0.4 is 4.90 Å². The minimum atomic E-state index is -0.133. The number of nitrogens with one attached hydrogen (secondary N) is 1. The number of aliphatic imine (C=N–C) groups is 1. The number of anilines is 1. The molecule has 28 heavy (non-hydrogen) atoms. The fourth-order valence-corrected chi connectivity index (χ4v) is 3.72. The van der Waals surface area contributed by atoms with Crippen molar-refractivity contribution in [2.75, 3.05) is 38.1 Å². The van der Waals surface area contributed by atoms with Gasteiger partial charge in [-0.3, -0.25) is 15.0 Å². The molecule has 1 N–H and O–H groups in total. The van der Waals surface area contributed by atoms with Gasteiger partial charge in [0.1, 0.15) is 12.0 Å². The number of likely N-dealkylation sites (N-methyl/N-ethyl adjacent to an activating group) is 1. The molecular formula is C21H25BrN6. The van der Waals surface area contributed by atoms with Gasteiger partial charge >= 0.3 is 0 Å². The van der Waals surface area contributed by atoms with Crippen LogP contribution in [0.2, 0.25) is 0 Å². The van der Waals surface area contributed by atoms with Crippen molar-refractivity contribution in [2.45, 2.75) is 13.1 Å². The zero-order valence-corrected chi connectivity index (χ0v) is 17.8. The van der Waals surface area contributed by atoms with E-state index in [2.05, 4.69) is 84.3 Å². The average Bonchev–Trinajstić information content (AvgIpc) is 3.14. The van der Waals surface area contributed by atoms with Gasteiger partial charge in [0.25, 0.3) is 0 Å². The molecule has 6 nitrogen and oxygen atoms in total. The first-order chi connectivity index (χ1) is 13.6. The van der Waals surface area contributed by atoms with E-state index >= 15 is 0 Å². The molecule has 1 saturated heterocycles. The van der Waals surface area contributed by atoms with Gasteiger partial charge in [-0.05, 0) is 43.8 Å². The van der Waals surface area contributed by atoms with Crippen molar-refractivity contribution < 1.29 is 0 Å². The molecule has 0 spiro atoms. The predicted octanol–water partition coefficient (Wildman–Crippen LogP) is 3.50. The van der Waals surface area contributed by atoms with E-state index in [4.69, 9.17) is 4.99 Å². The molecule has 0 aliphatic carbocycles. The highest BCUT2D eigenvalue weighted by atomic mass is 79.9. The summed E-state index contributed by atoms with van der Waals surface area (Å²) >= 11 is 3.49. The van der Waals surface area contributed by atoms with E-state index in [1.165, 1.54) is 0 Å². The van der Waals surface area contributed by atoms with E-state index in [1.807, 2.05) is 25.3 Å². The molecule has 3 heterocycles. The molecule has 1 aromatic carbocycles. The molecule has 1 aromatic heterocycles. The Morgan fingerprint density at radius 1 is 1.14 bits per heavy atom. The third kappa shape index (κ3) is 4.20. The molecule has 7 heteroatoms. The number of rotatable bonds is 4. The molecule has 2 aromatic rings. The number of aromatic amines is 1. The summed E-state index contributed by atoms with van der Waals surface area (Å²) in [7, 11) is 2.17. The van der Waals surface area contributed by atoms with Crippen LogP contribution in [0.5, 0.6) is 0 Å². The molecule has 4 rings (SSSR count). The number of H-pyrrole nitrogens is 1.